The van der Waals surface area contributed by atoms with Gasteiger partial charge < -0.3 is 16.0 Å². The van der Waals surface area contributed by atoms with E-state index in [9.17, 15) is 23.2 Å². The Morgan fingerprint density at radius 1 is 1.13 bits per heavy atom. The smallest absolute Gasteiger partial charge is 0.246 e. The standard InChI is InChI=1S/C15H20N2O2.C12H14F2OS.CH3NO/c1-4-11-5-6-12-8-15(14(19)16-2,17(3)10-18)9-13(12)7-11;1-8(6-16-7-9(2)15)10-3-11(13)5-12(14)4-10;2-1-3/h5-7,10H,4,8-9H2,1-3H3,(H,16,19);3-5,8H,6-7H2,1-2H3;1H,(H2,2,3). The molecule has 0 radical (unpaired) electrons. The Labute approximate surface area is 227 Å². The van der Waals surface area contributed by atoms with Gasteiger partial charge in [0.2, 0.25) is 18.7 Å². The predicted octanol–water partition coefficient (Wildman–Crippen LogP) is 3.41. The Hall–Kier alpha value is -3.27. The highest BCUT2D eigenvalue weighted by molar-refractivity contribution is 7.99. The average Bonchev–Trinajstić information content (AvgIpc) is 3.27. The number of aryl methyl sites for hydroxylation is 1. The molecule has 7 nitrogen and oxygen atoms in total. The number of primary amides is 1. The summed E-state index contributed by atoms with van der Waals surface area (Å²) >= 11 is 1.48. The lowest BCUT2D eigenvalue weighted by Crippen LogP contribution is -2.57. The fraction of sp³-hybridized carbons (Fsp3) is 0.429. The monoisotopic (exact) mass is 549 g/mol. The molecule has 3 rings (SSSR count). The summed E-state index contributed by atoms with van der Waals surface area (Å²) in [4.78, 5) is 44.2. The first-order valence-corrected chi connectivity index (χ1v) is 13.3. The first-order chi connectivity index (χ1) is 18.0. The normalized spacial score (nSPS) is 16.0. The number of nitrogens with zero attached hydrogens (tertiary/aromatic N) is 1. The second-order valence-corrected chi connectivity index (χ2v) is 10.1. The fourth-order valence-electron chi connectivity index (χ4n) is 4.17. The van der Waals surface area contributed by atoms with Crippen molar-refractivity contribution in [1.82, 2.24) is 10.2 Å². The number of amides is 3. The van der Waals surface area contributed by atoms with Gasteiger partial charge in [0.05, 0.1) is 5.75 Å². The molecule has 0 fully saturated rings. The second-order valence-electron chi connectivity index (χ2n) is 9.09. The highest BCUT2D eigenvalue weighted by Crippen LogP contribution is 2.34. The Kier molecular flexibility index (Phi) is 13.7. The van der Waals surface area contributed by atoms with Gasteiger partial charge in [-0.25, -0.2) is 8.78 Å². The molecule has 1 aliphatic carbocycles. The molecule has 2 unspecified atom stereocenters. The molecule has 0 heterocycles. The van der Waals surface area contributed by atoms with Crippen LogP contribution in [0.3, 0.4) is 0 Å². The van der Waals surface area contributed by atoms with E-state index in [-0.39, 0.29) is 24.0 Å². The van der Waals surface area contributed by atoms with Crippen LogP contribution in [0.5, 0.6) is 0 Å². The lowest BCUT2D eigenvalue weighted by atomic mass is 9.93. The van der Waals surface area contributed by atoms with Crippen LogP contribution in [-0.4, -0.2) is 60.6 Å². The molecule has 38 heavy (non-hydrogen) atoms. The lowest BCUT2D eigenvalue weighted by Gasteiger charge is -2.34. The predicted molar refractivity (Wildman–Crippen MR) is 147 cm³/mol. The number of ketones is 1. The zero-order chi connectivity index (χ0) is 28.9. The van der Waals surface area contributed by atoms with Gasteiger partial charge in [-0.15, -0.1) is 0 Å². The maximum atomic E-state index is 12.9. The molecule has 1 aliphatic rings. The maximum absolute atomic E-state index is 12.9. The third kappa shape index (κ3) is 9.24. The van der Waals surface area contributed by atoms with Crippen LogP contribution >= 0.6 is 11.8 Å². The van der Waals surface area contributed by atoms with Gasteiger partial charge >= 0.3 is 0 Å². The molecule has 208 valence electrons. The van der Waals surface area contributed by atoms with Gasteiger partial charge in [0.15, 0.2) is 0 Å². The maximum Gasteiger partial charge on any atom is 0.246 e. The number of nitrogens with two attached hydrogens (primary N) is 1. The number of nitrogens with one attached hydrogen (secondary N) is 1. The molecule has 0 spiro atoms. The Morgan fingerprint density at radius 2 is 1.71 bits per heavy atom. The number of thioether (sulfide) groups is 1. The molecule has 0 saturated carbocycles. The van der Waals surface area contributed by atoms with Gasteiger partial charge in [-0.1, -0.05) is 32.0 Å². The molecule has 0 aliphatic heterocycles. The number of fused-ring (bicyclic) bond motifs is 1. The van der Waals surface area contributed by atoms with Crippen LogP contribution < -0.4 is 11.1 Å². The Bertz CT molecular complexity index is 1100. The van der Waals surface area contributed by atoms with Crippen LogP contribution in [0.25, 0.3) is 0 Å². The van der Waals surface area contributed by atoms with Crippen LogP contribution in [0.1, 0.15) is 48.9 Å². The van der Waals surface area contributed by atoms with E-state index in [4.69, 9.17) is 4.79 Å². The first kappa shape index (κ1) is 32.8. The van der Waals surface area contributed by atoms with Crippen LogP contribution in [0.15, 0.2) is 36.4 Å². The molecule has 2 aromatic rings. The van der Waals surface area contributed by atoms with Gasteiger partial charge in [-0.3, -0.25) is 19.2 Å². The van der Waals surface area contributed by atoms with Crippen molar-refractivity contribution >= 4 is 36.3 Å². The Balaban J connectivity index is 0.000000349. The highest BCUT2D eigenvalue weighted by atomic mass is 32.2. The minimum atomic E-state index is -0.773. The molecule has 2 aromatic carbocycles. The van der Waals surface area contributed by atoms with Gasteiger partial charge in [0, 0.05) is 38.8 Å². The molecule has 0 bridgehead atoms. The van der Waals surface area contributed by atoms with Crippen molar-refractivity contribution in [1.29, 1.82) is 0 Å². The summed E-state index contributed by atoms with van der Waals surface area (Å²) in [5.41, 5.74) is 7.63. The van der Waals surface area contributed by atoms with Gasteiger partial charge in [-0.2, -0.15) is 11.8 Å². The zero-order valence-corrected chi connectivity index (χ0v) is 23.4. The molecule has 0 saturated heterocycles. The minimum absolute atomic E-state index is 0.0366. The van der Waals surface area contributed by atoms with E-state index in [2.05, 4.69) is 36.2 Å². The largest absolute Gasteiger partial charge is 0.372 e. The summed E-state index contributed by atoms with van der Waals surface area (Å²) in [7, 11) is 3.29. The summed E-state index contributed by atoms with van der Waals surface area (Å²) < 4.78 is 25.9. The molecule has 3 amide bonds. The van der Waals surface area contributed by atoms with Crippen molar-refractivity contribution in [2.45, 2.75) is 51.5 Å². The number of rotatable bonds is 9. The number of benzene rings is 2. The van der Waals surface area contributed by atoms with E-state index in [1.807, 2.05) is 6.92 Å². The van der Waals surface area contributed by atoms with Crippen LogP contribution in [0, 0.1) is 11.6 Å². The summed E-state index contributed by atoms with van der Waals surface area (Å²) in [5.74, 6) is 0.0651. The van der Waals surface area contributed by atoms with Crippen molar-refractivity contribution < 1.29 is 28.0 Å². The number of hydrogen-bond donors (Lipinski definition) is 2. The van der Waals surface area contributed by atoms with Gasteiger partial charge in [0.1, 0.15) is 23.0 Å². The minimum Gasteiger partial charge on any atom is -0.372 e. The molecule has 3 N–H and O–H groups in total. The highest BCUT2D eigenvalue weighted by Gasteiger charge is 2.46. The lowest BCUT2D eigenvalue weighted by molar-refractivity contribution is -0.138. The second kappa shape index (κ2) is 15.9. The average molecular weight is 550 g/mol. The number of likely N-dealkylation sites (N-methyl/N-ethyl adjacent to an activating group) is 2. The molecular weight excluding hydrogens is 512 g/mol. The molecule has 0 aromatic heterocycles. The number of hydrogen-bond acceptors (Lipinski definition) is 5. The van der Waals surface area contributed by atoms with Crippen LogP contribution in [0.2, 0.25) is 0 Å². The zero-order valence-electron chi connectivity index (χ0n) is 22.6. The van der Waals surface area contributed by atoms with Crippen molar-refractivity contribution in [3.05, 3.63) is 70.3 Å². The Morgan fingerprint density at radius 3 is 2.21 bits per heavy atom. The van der Waals surface area contributed by atoms with E-state index < -0.39 is 17.2 Å². The number of carbonyl (C=O) groups is 4. The molecular formula is C28H37F2N3O4S. The van der Waals surface area contributed by atoms with E-state index in [0.717, 1.165) is 24.5 Å². The summed E-state index contributed by atoms with van der Waals surface area (Å²) in [6, 6.07) is 9.86. The van der Waals surface area contributed by atoms with E-state index in [0.29, 0.717) is 29.9 Å². The van der Waals surface area contributed by atoms with Gasteiger partial charge in [0.25, 0.3) is 0 Å². The molecule has 10 heteroatoms. The van der Waals surface area contributed by atoms with Crippen LogP contribution in [0.4, 0.5) is 8.78 Å². The first-order valence-electron chi connectivity index (χ1n) is 12.2. The number of carbonyl (C=O) groups excluding carboxylic acids is 4. The third-order valence-corrected chi connectivity index (χ3v) is 7.60. The van der Waals surface area contributed by atoms with Crippen molar-refractivity contribution in [2.24, 2.45) is 5.73 Å². The number of halogens is 2. The summed E-state index contributed by atoms with van der Waals surface area (Å²) in [6.45, 7) is 5.53. The fourth-order valence-corrected chi connectivity index (χ4v) is 5.12. The summed E-state index contributed by atoms with van der Waals surface area (Å²) in [5, 5.41) is 2.69. The topological polar surface area (TPSA) is 110 Å². The van der Waals surface area contributed by atoms with Crippen molar-refractivity contribution in [3.8, 4) is 0 Å². The number of Topliss-reactive ketones (excluding diaryl/α,β-unsaturated/α-hetero) is 1. The van der Waals surface area contributed by atoms with Crippen LogP contribution in [-0.2, 0) is 38.4 Å². The van der Waals surface area contributed by atoms with E-state index >= 15 is 0 Å². The van der Waals surface area contributed by atoms with Crippen molar-refractivity contribution in [2.75, 3.05) is 25.6 Å². The SMILES string of the molecule is CC(=O)CSCC(C)c1cc(F)cc(F)c1.CCc1ccc2c(c1)CC(C(=O)NC)(N(C)C=O)C2.NC=O. The van der Waals surface area contributed by atoms with E-state index in [1.165, 1.54) is 46.8 Å². The van der Waals surface area contributed by atoms with Gasteiger partial charge in [-0.05, 0) is 53.6 Å². The molecule has 2 atom stereocenters. The van der Waals surface area contributed by atoms with Crippen molar-refractivity contribution in [3.63, 3.8) is 0 Å². The third-order valence-electron chi connectivity index (χ3n) is 6.25. The summed E-state index contributed by atoms with van der Waals surface area (Å²) in [6.07, 6.45) is 3.14. The quantitative estimate of drug-likeness (QED) is 0.466. The van der Waals surface area contributed by atoms with E-state index in [1.54, 1.807) is 14.1 Å².